The van der Waals surface area contributed by atoms with Crippen molar-refractivity contribution >= 4 is 40.6 Å². The lowest BCUT2D eigenvalue weighted by molar-refractivity contribution is -0.113. The molecule has 3 nitrogen and oxygen atoms in total. The van der Waals surface area contributed by atoms with Crippen molar-refractivity contribution in [1.82, 2.24) is 0 Å². The Bertz CT molecular complexity index is 631. The van der Waals surface area contributed by atoms with E-state index in [1.807, 2.05) is 43.3 Å². The van der Waals surface area contributed by atoms with Crippen LogP contribution in [0.3, 0.4) is 0 Å². The summed E-state index contributed by atoms with van der Waals surface area (Å²) in [5.41, 5.74) is 8.14. The van der Waals surface area contributed by atoms with Gasteiger partial charge < -0.3 is 11.1 Å². The number of halogens is 1. The van der Waals surface area contributed by atoms with E-state index in [9.17, 15) is 4.79 Å². The number of aryl methyl sites for hydroxylation is 1. The van der Waals surface area contributed by atoms with E-state index in [0.717, 1.165) is 10.5 Å². The van der Waals surface area contributed by atoms with Crippen LogP contribution in [0.25, 0.3) is 0 Å². The maximum Gasteiger partial charge on any atom is 0.234 e. The Morgan fingerprint density at radius 3 is 2.80 bits per heavy atom. The molecule has 0 unspecified atom stereocenters. The first-order valence-electron chi connectivity index (χ1n) is 6.09. The molecule has 0 radical (unpaired) electrons. The van der Waals surface area contributed by atoms with Crippen molar-refractivity contribution in [2.45, 2.75) is 11.8 Å². The Morgan fingerprint density at radius 1 is 1.30 bits per heavy atom. The van der Waals surface area contributed by atoms with Gasteiger partial charge in [0.1, 0.15) is 0 Å². The molecule has 0 aromatic heterocycles. The van der Waals surface area contributed by atoms with Crippen molar-refractivity contribution in [2.24, 2.45) is 0 Å². The van der Waals surface area contributed by atoms with Crippen molar-refractivity contribution < 1.29 is 4.79 Å². The zero-order valence-corrected chi connectivity index (χ0v) is 12.6. The summed E-state index contributed by atoms with van der Waals surface area (Å²) in [4.78, 5) is 12.8. The van der Waals surface area contributed by atoms with E-state index < -0.39 is 0 Å². The van der Waals surface area contributed by atoms with Gasteiger partial charge >= 0.3 is 0 Å². The highest BCUT2D eigenvalue weighted by Gasteiger charge is 2.06. The van der Waals surface area contributed by atoms with E-state index in [-0.39, 0.29) is 5.91 Å². The number of thioether (sulfide) groups is 1. The average molecular weight is 307 g/mol. The second-order valence-electron chi connectivity index (χ2n) is 4.38. The van der Waals surface area contributed by atoms with Crippen LogP contribution < -0.4 is 11.1 Å². The van der Waals surface area contributed by atoms with Gasteiger partial charge in [0.15, 0.2) is 0 Å². The minimum Gasteiger partial charge on any atom is -0.397 e. The minimum atomic E-state index is -0.0921. The standard InChI is InChI=1S/C15H15ClN2OS/c1-10-5-6-14(13(17)7-10)18-15(19)9-20-12-4-2-3-11(16)8-12/h2-8H,9,17H2,1H3,(H,18,19). The molecule has 104 valence electrons. The normalized spacial score (nSPS) is 10.3. The van der Waals surface area contributed by atoms with Crippen molar-refractivity contribution in [1.29, 1.82) is 0 Å². The van der Waals surface area contributed by atoms with Crippen LogP contribution in [0.1, 0.15) is 5.56 Å². The highest BCUT2D eigenvalue weighted by Crippen LogP contribution is 2.23. The van der Waals surface area contributed by atoms with Gasteiger partial charge in [-0.3, -0.25) is 4.79 Å². The van der Waals surface area contributed by atoms with Crippen LogP contribution in [-0.2, 0) is 4.79 Å². The van der Waals surface area contributed by atoms with Gasteiger partial charge in [-0.1, -0.05) is 23.7 Å². The van der Waals surface area contributed by atoms with E-state index in [1.165, 1.54) is 11.8 Å². The van der Waals surface area contributed by atoms with Crippen molar-refractivity contribution in [3.63, 3.8) is 0 Å². The van der Waals surface area contributed by atoms with E-state index in [1.54, 1.807) is 6.07 Å². The number of carbonyl (C=O) groups is 1. The summed E-state index contributed by atoms with van der Waals surface area (Å²) in [6.45, 7) is 1.96. The van der Waals surface area contributed by atoms with Crippen molar-refractivity contribution in [3.05, 3.63) is 53.1 Å². The number of benzene rings is 2. The molecule has 2 aromatic carbocycles. The zero-order chi connectivity index (χ0) is 14.5. The Hall–Kier alpha value is -1.65. The van der Waals surface area contributed by atoms with Gasteiger partial charge in [0.2, 0.25) is 5.91 Å². The van der Waals surface area contributed by atoms with Crippen LogP contribution >= 0.6 is 23.4 Å². The molecule has 0 heterocycles. The molecule has 1 amide bonds. The largest absolute Gasteiger partial charge is 0.397 e. The fraction of sp³-hybridized carbons (Fsp3) is 0.133. The highest BCUT2D eigenvalue weighted by molar-refractivity contribution is 8.00. The molecule has 0 aliphatic carbocycles. The summed E-state index contributed by atoms with van der Waals surface area (Å²) in [7, 11) is 0. The number of amides is 1. The lowest BCUT2D eigenvalue weighted by Gasteiger charge is -2.08. The summed E-state index contributed by atoms with van der Waals surface area (Å²) in [5.74, 6) is 0.221. The molecular weight excluding hydrogens is 292 g/mol. The van der Waals surface area contributed by atoms with Crippen molar-refractivity contribution in [3.8, 4) is 0 Å². The average Bonchev–Trinajstić information content (AvgIpc) is 2.40. The van der Waals surface area contributed by atoms with Gasteiger partial charge in [-0.05, 0) is 42.8 Å². The predicted octanol–water partition coefficient (Wildman–Crippen LogP) is 3.96. The van der Waals surface area contributed by atoms with Gasteiger partial charge in [-0.15, -0.1) is 11.8 Å². The monoisotopic (exact) mass is 306 g/mol. The van der Waals surface area contributed by atoms with Gasteiger partial charge in [-0.2, -0.15) is 0 Å². The lowest BCUT2D eigenvalue weighted by Crippen LogP contribution is -2.15. The van der Waals surface area contributed by atoms with Gasteiger partial charge in [0, 0.05) is 9.92 Å². The molecule has 0 bridgehead atoms. The lowest BCUT2D eigenvalue weighted by atomic mass is 10.2. The van der Waals surface area contributed by atoms with Gasteiger partial charge in [0.25, 0.3) is 0 Å². The first-order chi connectivity index (χ1) is 9.54. The van der Waals surface area contributed by atoms with Gasteiger partial charge in [-0.25, -0.2) is 0 Å². The van der Waals surface area contributed by atoms with Crippen LogP contribution in [0.5, 0.6) is 0 Å². The fourth-order valence-electron chi connectivity index (χ4n) is 1.69. The zero-order valence-electron chi connectivity index (χ0n) is 11.0. The van der Waals surface area contributed by atoms with Gasteiger partial charge in [0.05, 0.1) is 17.1 Å². The van der Waals surface area contributed by atoms with E-state index in [2.05, 4.69) is 5.32 Å². The molecule has 5 heteroatoms. The Kier molecular flexibility index (Phi) is 4.93. The van der Waals surface area contributed by atoms with Crippen molar-refractivity contribution in [2.75, 3.05) is 16.8 Å². The predicted molar refractivity (Wildman–Crippen MR) is 86.4 cm³/mol. The van der Waals surface area contributed by atoms with Crippen LogP contribution in [0.4, 0.5) is 11.4 Å². The third-order valence-corrected chi connectivity index (χ3v) is 3.88. The van der Waals surface area contributed by atoms with E-state index in [4.69, 9.17) is 17.3 Å². The van der Waals surface area contributed by atoms with E-state index in [0.29, 0.717) is 22.2 Å². The summed E-state index contributed by atoms with van der Waals surface area (Å²) in [6, 6.07) is 13.0. The molecule has 0 atom stereocenters. The number of hydrogen-bond acceptors (Lipinski definition) is 3. The molecule has 3 N–H and O–H groups in total. The fourth-order valence-corrected chi connectivity index (χ4v) is 2.70. The molecule has 2 rings (SSSR count). The molecule has 0 aliphatic rings. The Morgan fingerprint density at radius 2 is 2.10 bits per heavy atom. The highest BCUT2D eigenvalue weighted by atomic mass is 35.5. The van der Waals surface area contributed by atoms with Crippen LogP contribution in [0.2, 0.25) is 5.02 Å². The Labute approximate surface area is 127 Å². The van der Waals surface area contributed by atoms with Crippen LogP contribution in [0, 0.1) is 6.92 Å². The number of anilines is 2. The summed E-state index contributed by atoms with van der Waals surface area (Å²) < 4.78 is 0. The first kappa shape index (κ1) is 14.8. The third-order valence-electron chi connectivity index (χ3n) is 2.65. The topological polar surface area (TPSA) is 55.1 Å². The molecule has 0 spiro atoms. The number of hydrogen-bond donors (Lipinski definition) is 2. The number of rotatable bonds is 4. The third kappa shape index (κ3) is 4.18. The molecule has 2 aromatic rings. The number of nitrogens with one attached hydrogen (secondary N) is 1. The molecule has 0 saturated heterocycles. The van der Waals surface area contributed by atoms with Crippen LogP contribution in [-0.4, -0.2) is 11.7 Å². The van der Waals surface area contributed by atoms with Crippen LogP contribution in [0.15, 0.2) is 47.4 Å². The van der Waals surface area contributed by atoms with E-state index >= 15 is 0 Å². The second-order valence-corrected chi connectivity index (χ2v) is 5.87. The first-order valence-corrected chi connectivity index (χ1v) is 7.45. The molecule has 0 aliphatic heterocycles. The summed E-state index contributed by atoms with van der Waals surface area (Å²) >= 11 is 7.33. The minimum absolute atomic E-state index is 0.0921. The maximum atomic E-state index is 11.9. The number of carbonyl (C=O) groups excluding carboxylic acids is 1. The quantitative estimate of drug-likeness (QED) is 0.664. The summed E-state index contributed by atoms with van der Waals surface area (Å²) in [6.07, 6.45) is 0. The molecular formula is C15H15ClN2OS. The summed E-state index contributed by atoms with van der Waals surface area (Å²) in [5, 5.41) is 3.47. The maximum absolute atomic E-state index is 11.9. The number of nitrogens with two attached hydrogens (primary N) is 1. The molecule has 0 saturated carbocycles. The smallest absolute Gasteiger partial charge is 0.234 e. The molecule has 0 fully saturated rings. The second kappa shape index (κ2) is 6.68. The Balaban J connectivity index is 1.92. The number of nitrogen functional groups attached to an aromatic ring is 1. The molecule has 20 heavy (non-hydrogen) atoms. The SMILES string of the molecule is Cc1ccc(NC(=O)CSc2cccc(Cl)c2)c(N)c1.